The number of hydrogen-bond acceptors (Lipinski definition) is 5. The number of methoxy groups -OCH3 is 1. The zero-order chi connectivity index (χ0) is 19.5. The fourth-order valence-corrected chi connectivity index (χ4v) is 4.29. The van der Waals surface area contributed by atoms with Crippen molar-refractivity contribution in [3.8, 4) is 16.3 Å². The molecule has 28 heavy (non-hydrogen) atoms. The molecule has 0 spiro atoms. The molecule has 6 heteroatoms. The van der Waals surface area contributed by atoms with Crippen LogP contribution in [0.25, 0.3) is 10.6 Å². The smallest absolute Gasteiger partial charge is 0.253 e. The second-order valence-corrected chi connectivity index (χ2v) is 7.68. The number of rotatable bonds is 4. The number of benzene rings is 2. The van der Waals surface area contributed by atoms with Crippen LogP contribution in [0.3, 0.4) is 0 Å². The summed E-state index contributed by atoms with van der Waals surface area (Å²) in [4.78, 5) is 21.8. The van der Waals surface area contributed by atoms with E-state index in [1.807, 2.05) is 59.7 Å². The highest BCUT2D eigenvalue weighted by molar-refractivity contribution is 7.13. The molecule has 1 fully saturated rings. The highest BCUT2D eigenvalue weighted by Crippen LogP contribution is 2.29. The number of aromatic nitrogens is 1. The molecular weight excluding hydrogens is 370 g/mol. The van der Waals surface area contributed by atoms with Crippen LogP contribution in [-0.4, -0.2) is 49.1 Å². The molecular formula is C22H23N3O2S. The van der Waals surface area contributed by atoms with Crippen LogP contribution < -0.4 is 9.64 Å². The lowest BCUT2D eigenvalue weighted by molar-refractivity contribution is 0.0746. The van der Waals surface area contributed by atoms with E-state index in [-0.39, 0.29) is 5.91 Å². The third-order valence-corrected chi connectivity index (χ3v) is 5.98. The normalized spacial score (nSPS) is 14.2. The first-order valence-corrected chi connectivity index (χ1v) is 10.2. The SMILES string of the molecule is COc1ccccc1N1CCN(C(=O)c2cccc(-c3nc(C)cs3)c2)CC1. The van der Waals surface area contributed by atoms with Gasteiger partial charge in [-0.25, -0.2) is 4.98 Å². The second kappa shape index (κ2) is 8.02. The molecule has 0 bridgehead atoms. The average molecular weight is 394 g/mol. The summed E-state index contributed by atoms with van der Waals surface area (Å²) in [5.41, 5.74) is 3.80. The summed E-state index contributed by atoms with van der Waals surface area (Å²) in [5.74, 6) is 0.948. The first-order valence-electron chi connectivity index (χ1n) is 9.35. The van der Waals surface area contributed by atoms with Gasteiger partial charge in [0.2, 0.25) is 0 Å². The Morgan fingerprint density at radius 1 is 1.07 bits per heavy atom. The maximum atomic E-state index is 13.0. The highest BCUT2D eigenvalue weighted by Gasteiger charge is 2.24. The lowest BCUT2D eigenvalue weighted by Crippen LogP contribution is -2.48. The van der Waals surface area contributed by atoms with Gasteiger partial charge in [-0.3, -0.25) is 4.79 Å². The van der Waals surface area contributed by atoms with E-state index in [9.17, 15) is 4.79 Å². The van der Waals surface area contributed by atoms with Gasteiger partial charge < -0.3 is 14.5 Å². The number of anilines is 1. The Morgan fingerprint density at radius 2 is 1.86 bits per heavy atom. The van der Waals surface area contributed by atoms with Crippen molar-refractivity contribution in [2.75, 3.05) is 38.2 Å². The Morgan fingerprint density at radius 3 is 2.57 bits per heavy atom. The van der Waals surface area contributed by atoms with Gasteiger partial charge >= 0.3 is 0 Å². The predicted octanol–water partition coefficient (Wildman–Crippen LogP) is 4.09. The molecule has 1 aliphatic rings. The molecule has 0 radical (unpaired) electrons. The Kier molecular flexibility index (Phi) is 5.30. The van der Waals surface area contributed by atoms with Crippen molar-refractivity contribution in [1.29, 1.82) is 0 Å². The minimum atomic E-state index is 0.0785. The van der Waals surface area contributed by atoms with E-state index in [2.05, 4.69) is 16.0 Å². The minimum Gasteiger partial charge on any atom is -0.495 e. The molecule has 1 saturated heterocycles. The molecule has 144 valence electrons. The fourth-order valence-electron chi connectivity index (χ4n) is 3.50. The number of nitrogens with zero attached hydrogens (tertiary/aromatic N) is 3. The van der Waals surface area contributed by atoms with Gasteiger partial charge in [-0.2, -0.15) is 0 Å². The summed E-state index contributed by atoms with van der Waals surface area (Å²) in [7, 11) is 1.69. The molecule has 0 N–H and O–H groups in total. The number of carbonyl (C=O) groups excluding carboxylic acids is 1. The van der Waals surface area contributed by atoms with Crippen LogP contribution in [0.5, 0.6) is 5.75 Å². The van der Waals surface area contributed by atoms with Gasteiger partial charge in [0.05, 0.1) is 12.8 Å². The molecule has 0 aliphatic carbocycles. The number of aryl methyl sites for hydroxylation is 1. The van der Waals surface area contributed by atoms with Crippen LogP contribution in [0.2, 0.25) is 0 Å². The van der Waals surface area contributed by atoms with E-state index >= 15 is 0 Å². The third-order valence-electron chi connectivity index (χ3n) is 4.97. The summed E-state index contributed by atoms with van der Waals surface area (Å²) in [6.45, 7) is 4.94. The molecule has 4 rings (SSSR count). The Labute approximate surface area is 169 Å². The van der Waals surface area contributed by atoms with Crippen LogP contribution in [0.1, 0.15) is 16.1 Å². The molecule has 3 aromatic rings. The largest absolute Gasteiger partial charge is 0.495 e. The van der Waals surface area contributed by atoms with Crippen molar-refractivity contribution in [2.24, 2.45) is 0 Å². The zero-order valence-corrected chi connectivity index (χ0v) is 16.9. The summed E-state index contributed by atoms with van der Waals surface area (Å²) in [5, 5.41) is 2.98. The molecule has 0 atom stereocenters. The van der Waals surface area contributed by atoms with Crippen LogP contribution in [0.15, 0.2) is 53.9 Å². The number of hydrogen-bond donors (Lipinski definition) is 0. The van der Waals surface area contributed by atoms with Gasteiger partial charge in [-0.15, -0.1) is 11.3 Å². The van der Waals surface area contributed by atoms with Crippen molar-refractivity contribution in [3.63, 3.8) is 0 Å². The molecule has 0 saturated carbocycles. The van der Waals surface area contributed by atoms with Gasteiger partial charge in [-0.1, -0.05) is 24.3 Å². The quantitative estimate of drug-likeness (QED) is 0.670. The number of piperazine rings is 1. The maximum Gasteiger partial charge on any atom is 0.253 e. The zero-order valence-electron chi connectivity index (χ0n) is 16.1. The van der Waals surface area contributed by atoms with Gasteiger partial charge in [-0.05, 0) is 31.2 Å². The standard InChI is InChI=1S/C22H23N3O2S/c1-16-15-28-21(23-16)17-6-5-7-18(14-17)22(26)25-12-10-24(11-13-25)19-8-3-4-9-20(19)27-2/h3-9,14-15H,10-13H2,1-2H3. The van der Waals surface area contributed by atoms with Gasteiger partial charge in [0.15, 0.2) is 0 Å². The van der Waals surface area contributed by atoms with E-state index in [0.717, 1.165) is 46.4 Å². The van der Waals surface area contributed by atoms with Crippen LogP contribution in [-0.2, 0) is 0 Å². The number of ether oxygens (including phenoxy) is 1. The molecule has 0 unspecified atom stereocenters. The van der Waals surface area contributed by atoms with Gasteiger partial charge in [0, 0.05) is 48.4 Å². The molecule has 2 aromatic carbocycles. The van der Waals surface area contributed by atoms with Gasteiger partial charge in [0.25, 0.3) is 5.91 Å². The predicted molar refractivity (Wildman–Crippen MR) is 113 cm³/mol. The first kappa shape index (κ1) is 18.5. The van der Waals surface area contributed by atoms with Gasteiger partial charge in [0.1, 0.15) is 10.8 Å². The van der Waals surface area contributed by atoms with Crippen molar-refractivity contribution in [2.45, 2.75) is 6.92 Å². The molecule has 1 aliphatic heterocycles. The van der Waals surface area contributed by atoms with Crippen molar-refractivity contribution >= 4 is 22.9 Å². The summed E-state index contributed by atoms with van der Waals surface area (Å²) in [6, 6.07) is 15.8. The van der Waals surface area contributed by atoms with E-state index in [1.165, 1.54) is 0 Å². The second-order valence-electron chi connectivity index (χ2n) is 6.83. The number of amides is 1. The maximum absolute atomic E-state index is 13.0. The minimum absolute atomic E-state index is 0.0785. The Balaban J connectivity index is 1.46. The molecule has 5 nitrogen and oxygen atoms in total. The fraction of sp³-hybridized carbons (Fsp3) is 0.273. The summed E-state index contributed by atoms with van der Waals surface area (Å²) < 4.78 is 5.47. The van der Waals surface area contributed by atoms with Crippen molar-refractivity contribution in [3.05, 3.63) is 65.2 Å². The number of thiazole rings is 1. The Bertz CT molecular complexity index is 977. The molecule has 1 amide bonds. The van der Waals surface area contributed by atoms with E-state index in [1.54, 1.807) is 18.4 Å². The Hall–Kier alpha value is -2.86. The number of para-hydroxylation sites is 2. The highest BCUT2D eigenvalue weighted by atomic mass is 32.1. The molecule has 1 aromatic heterocycles. The average Bonchev–Trinajstić information content (AvgIpc) is 3.20. The lowest BCUT2D eigenvalue weighted by Gasteiger charge is -2.36. The topological polar surface area (TPSA) is 45.7 Å². The third kappa shape index (κ3) is 3.73. The van der Waals surface area contributed by atoms with Crippen molar-refractivity contribution < 1.29 is 9.53 Å². The summed E-state index contributed by atoms with van der Waals surface area (Å²) in [6.07, 6.45) is 0. The first-order chi connectivity index (χ1) is 13.7. The van der Waals surface area contributed by atoms with Crippen LogP contribution >= 0.6 is 11.3 Å². The van der Waals surface area contributed by atoms with E-state index < -0.39 is 0 Å². The monoisotopic (exact) mass is 393 g/mol. The van der Waals surface area contributed by atoms with Crippen LogP contribution in [0.4, 0.5) is 5.69 Å². The lowest BCUT2D eigenvalue weighted by atomic mass is 10.1. The number of carbonyl (C=O) groups is 1. The van der Waals surface area contributed by atoms with Crippen LogP contribution in [0, 0.1) is 6.92 Å². The van der Waals surface area contributed by atoms with E-state index in [0.29, 0.717) is 13.1 Å². The molecule has 2 heterocycles. The van der Waals surface area contributed by atoms with Crippen molar-refractivity contribution in [1.82, 2.24) is 9.88 Å². The summed E-state index contributed by atoms with van der Waals surface area (Å²) >= 11 is 1.61. The van der Waals surface area contributed by atoms with E-state index in [4.69, 9.17) is 4.74 Å².